The second-order valence-electron chi connectivity index (χ2n) is 3.81. The maximum Gasteiger partial charge on any atom is 0.305 e. The third-order valence-corrected chi connectivity index (χ3v) is 2.58. The highest BCUT2D eigenvalue weighted by atomic mass is 35.5. The van der Waals surface area contributed by atoms with Gasteiger partial charge in [0.1, 0.15) is 0 Å². The molecule has 0 aromatic heterocycles. The minimum atomic E-state index is -0.916. The Bertz CT molecular complexity index is 394. The van der Waals surface area contributed by atoms with Crippen molar-refractivity contribution in [1.29, 1.82) is 0 Å². The smallest absolute Gasteiger partial charge is 0.305 e. The van der Waals surface area contributed by atoms with Crippen LogP contribution in [0.2, 0.25) is 5.02 Å². The fourth-order valence-corrected chi connectivity index (χ4v) is 1.78. The number of carboxylic acids is 1. The maximum atomic E-state index is 10.5. The van der Waals surface area contributed by atoms with E-state index in [1.807, 2.05) is 25.1 Å². The summed E-state index contributed by atoms with van der Waals surface area (Å²) in [6, 6.07) is 4.82. The highest BCUT2D eigenvalue weighted by molar-refractivity contribution is 6.33. The second-order valence-corrected chi connectivity index (χ2v) is 4.22. The number of carboxylic acid groups (broad SMARTS) is 1. The molecular weight excluding hydrogens is 228 g/mol. The van der Waals surface area contributed by atoms with E-state index in [0.29, 0.717) is 5.02 Å². The van der Waals surface area contributed by atoms with Gasteiger partial charge in [-0.25, -0.2) is 0 Å². The van der Waals surface area contributed by atoms with Gasteiger partial charge in [0.05, 0.1) is 17.1 Å². The summed E-state index contributed by atoms with van der Waals surface area (Å²) in [5.74, 6) is -0.916. The minimum Gasteiger partial charge on any atom is -0.481 e. The van der Waals surface area contributed by atoms with Gasteiger partial charge in [0.2, 0.25) is 0 Å². The molecule has 0 saturated carbocycles. The number of aliphatic carboxylic acids is 1. The molecule has 0 amide bonds. The molecule has 16 heavy (non-hydrogen) atoms. The Morgan fingerprint density at radius 2 is 2.19 bits per heavy atom. The first-order chi connectivity index (χ1) is 7.41. The highest BCUT2D eigenvalue weighted by Crippen LogP contribution is 2.27. The van der Waals surface area contributed by atoms with Crippen molar-refractivity contribution in [2.75, 3.05) is 19.0 Å². The van der Waals surface area contributed by atoms with Gasteiger partial charge >= 0.3 is 5.97 Å². The first kappa shape index (κ1) is 12.8. The molecule has 0 spiro atoms. The van der Waals surface area contributed by atoms with E-state index >= 15 is 0 Å². The Balaban J connectivity index is 2.92. The summed E-state index contributed by atoms with van der Waals surface area (Å²) in [7, 11) is 3.77. The van der Waals surface area contributed by atoms with E-state index in [0.717, 1.165) is 11.3 Å². The summed E-state index contributed by atoms with van der Waals surface area (Å²) in [6.07, 6.45) is -0.0996. The summed E-state index contributed by atoms with van der Waals surface area (Å²) in [5, 5.41) is 9.21. The average Bonchev–Trinajstić information content (AvgIpc) is 2.15. The zero-order chi connectivity index (χ0) is 12.3. The normalized spacial score (nSPS) is 12.2. The molecule has 1 rings (SSSR count). The summed E-state index contributed by atoms with van der Waals surface area (Å²) in [5.41, 5.74) is 7.35. The van der Waals surface area contributed by atoms with Gasteiger partial charge in [-0.3, -0.25) is 4.79 Å². The van der Waals surface area contributed by atoms with Gasteiger partial charge in [-0.1, -0.05) is 17.7 Å². The van der Waals surface area contributed by atoms with Crippen LogP contribution in [0, 0.1) is 0 Å². The quantitative estimate of drug-likeness (QED) is 0.846. The number of benzene rings is 1. The van der Waals surface area contributed by atoms with Crippen LogP contribution in [-0.4, -0.2) is 25.2 Å². The van der Waals surface area contributed by atoms with Crippen molar-refractivity contribution in [2.45, 2.75) is 12.5 Å². The number of rotatable bonds is 4. The monoisotopic (exact) mass is 242 g/mol. The molecule has 0 heterocycles. The molecule has 3 N–H and O–H groups in total. The average molecular weight is 243 g/mol. The molecule has 0 fully saturated rings. The molecule has 5 heteroatoms. The van der Waals surface area contributed by atoms with E-state index in [1.54, 1.807) is 12.1 Å². The van der Waals surface area contributed by atoms with E-state index < -0.39 is 12.0 Å². The molecule has 0 bridgehead atoms. The lowest BCUT2D eigenvalue weighted by Gasteiger charge is -2.17. The van der Waals surface area contributed by atoms with Crippen LogP contribution in [0.4, 0.5) is 5.69 Å². The standard InChI is InChI=1S/C11H15ClN2O2/c1-14(2)10-4-3-7(5-8(10)12)9(13)6-11(15)16/h3-5,9H,6,13H2,1-2H3,(H,15,16). The number of nitrogens with zero attached hydrogens (tertiary/aromatic N) is 1. The predicted octanol–water partition coefficient (Wildman–Crippen LogP) is 1.88. The lowest BCUT2D eigenvalue weighted by molar-refractivity contribution is -0.137. The van der Waals surface area contributed by atoms with Crippen LogP contribution >= 0.6 is 11.6 Å². The van der Waals surface area contributed by atoms with Gasteiger partial charge in [-0.05, 0) is 17.7 Å². The van der Waals surface area contributed by atoms with E-state index in [4.69, 9.17) is 22.4 Å². The summed E-state index contributed by atoms with van der Waals surface area (Å²) < 4.78 is 0. The Labute approximate surface area is 99.6 Å². The largest absolute Gasteiger partial charge is 0.481 e. The SMILES string of the molecule is CN(C)c1ccc(C(N)CC(=O)O)cc1Cl. The fraction of sp³-hybridized carbons (Fsp3) is 0.364. The summed E-state index contributed by atoms with van der Waals surface area (Å²) >= 11 is 6.06. The molecule has 1 aromatic rings. The number of anilines is 1. The van der Waals surface area contributed by atoms with E-state index in [1.165, 1.54) is 0 Å². The van der Waals surface area contributed by atoms with Gasteiger partial charge < -0.3 is 15.7 Å². The lowest BCUT2D eigenvalue weighted by atomic mass is 10.0. The van der Waals surface area contributed by atoms with Gasteiger partial charge in [0.25, 0.3) is 0 Å². The zero-order valence-corrected chi connectivity index (χ0v) is 10.0. The zero-order valence-electron chi connectivity index (χ0n) is 9.27. The van der Waals surface area contributed by atoms with Crippen molar-refractivity contribution in [3.05, 3.63) is 28.8 Å². The Morgan fingerprint density at radius 3 is 2.62 bits per heavy atom. The minimum absolute atomic E-state index is 0.0996. The van der Waals surface area contributed by atoms with Crippen molar-refractivity contribution < 1.29 is 9.90 Å². The topological polar surface area (TPSA) is 66.6 Å². The second kappa shape index (κ2) is 5.18. The van der Waals surface area contributed by atoms with Crippen LogP contribution in [0.3, 0.4) is 0 Å². The van der Waals surface area contributed by atoms with Crippen molar-refractivity contribution in [2.24, 2.45) is 5.73 Å². The Hall–Kier alpha value is -1.26. The van der Waals surface area contributed by atoms with Crippen LogP contribution in [0.25, 0.3) is 0 Å². The van der Waals surface area contributed by atoms with E-state index in [-0.39, 0.29) is 6.42 Å². The number of nitrogens with two attached hydrogens (primary N) is 1. The van der Waals surface area contributed by atoms with Crippen LogP contribution in [0.5, 0.6) is 0 Å². The Kier molecular flexibility index (Phi) is 4.15. The van der Waals surface area contributed by atoms with Crippen molar-refractivity contribution >= 4 is 23.3 Å². The Morgan fingerprint density at radius 1 is 1.56 bits per heavy atom. The molecule has 0 saturated heterocycles. The van der Waals surface area contributed by atoms with E-state index in [9.17, 15) is 4.79 Å². The van der Waals surface area contributed by atoms with Crippen molar-refractivity contribution in [3.8, 4) is 0 Å². The molecule has 88 valence electrons. The fourth-order valence-electron chi connectivity index (χ4n) is 1.42. The van der Waals surface area contributed by atoms with Gasteiger partial charge in [0.15, 0.2) is 0 Å². The van der Waals surface area contributed by atoms with Crippen molar-refractivity contribution in [1.82, 2.24) is 0 Å². The number of halogens is 1. The molecule has 0 radical (unpaired) electrons. The van der Waals surface area contributed by atoms with Crippen LogP contribution in [0.1, 0.15) is 18.0 Å². The predicted molar refractivity (Wildman–Crippen MR) is 65.0 cm³/mol. The van der Waals surface area contributed by atoms with Crippen molar-refractivity contribution in [3.63, 3.8) is 0 Å². The number of hydrogen-bond donors (Lipinski definition) is 2. The summed E-state index contributed by atoms with van der Waals surface area (Å²) in [6.45, 7) is 0. The maximum absolute atomic E-state index is 10.5. The molecular formula is C11H15ClN2O2. The van der Waals surface area contributed by atoms with Gasteiger partial charge in [-0.15, -0.1) is 0 Å². The summed E-state index contributed by atoms with van der Waals surface area (Å²) in [4.78, 5) is 12.4. The third kappa shape index (κ3) is 3.12. The molecule has 0 aliphatic heterocycles. The molecule has 4 nitrogen and oxygen atoms in total. The number of carbonyl (C=O) groups is 1. The van der Waals surface area contributed by atoms with Gasteiger partial charge in [0, 0.05) is 20.1 Å². The number of hydrogen-bond acceptors (Lipinski definition) is 3. The molecule has 1 aromatic carbocycles. The van der Waals surface area contributed by atoms with Crippen LogP contribution < -0.4 is 10.6 Å². The van der Waals surface area contributed by atoms with Crippen LogP contribution in [0.15, 0.2) is 18.2 Å². The molecule has 1 atom stereocenters. The first-order valence-electron chi connectivity index (χ1n) is 4.86. The molecule has 1 unspecified atom stereocenters. The third-order valence-electron chi connectivity index (χ3n) is 2.28. The van der Waals surface area contributed by atoms with E-state index in [2.05, 4.69) is 0 Å². The van der Waals surface area contributed by atoms with Gasteiger partial charge in [-0.2, -0.15) is 0 Å². The first-order valence-corrected chi connectivity index (χ1v) is 5.23. The molecule has 0 aliphatic rings. The highest BCUT2D eigenvalue weighted by Gasteiger charge is 2.12. The van der Waals surface area contributed by atoms with Crippen LogP contribution in [-0.2, 0) is 4.79 Å². The molecule has 0 aliphatic carbocycles. The lowest BCUT2D eigenvalue weighted by Crippen LogP contribution is -2.15.